The third-order valence-corrected chi connectivity index (χ3v) is 8.95. The molecule has 12 nitrogen and oxygen atoms in total. The smallest absolute Gasteiger partial charge is 0.325 e. The van der Waals surface area contributed by atoms with Crippen molar-refractivity contribution in [3.8, 4) is 11.4 Å². The van der Waals surface area contributed by atoms with E-state index in [1.54, 1.807) is 25.0 Å². The molecule has 3 aromatic rings. The van der Waals surface area contributed by atoms with Crippen molar-refractivity contribution in [3.05, 3.63) is 51.3 Å². The van der Waals surface area contributed by atoms with Crippen LogP contribution in [0.5, 0.6) is 0 Å². The number of rotatable bonds is 11. The number of hydrogen-bond acceptors (Lipinski definition) is 10. The summed E-state index contributed by atoms with van der Waals surface area (Å²) in [5, 5.41) is 6.97. The molecule has 0 unspecified atom stereocenters. The summed E-state index contributed by atoms with van der Waals surface area (Å²) in [5.74, 6) is -0.975. The quantitative estimate of drug-likeness (QED) is 0.187. The molecule has 1 amide bonds. The summed E-state index contributed by atoms with van der Waals surface area (Å²) in [4.78, 5) is 62.0. The van der Waals surface area contributed by atoms with Crippen LogP contribution in [0.2, 0.25) is 0 Å². The summed E-state index contributed by atoms with van der Waals surface area (Å²) < 4.78 is 12.7. The Morgan fingerprint density at radius 3 is 2.80 bits per heavy atom. The number of anilines is 1. The van der Waals surface area contributed by atoms with Gasteiger partial charge in [-0.25, -0.2) is 9.98 Å². The number of aliphatic imine (C=N–C) groups is 1. The van der Waals surface area contributed by atoms with Crippen LogP contribution in [-0.4, -0.2) is 72.4 Å². The lowest BCUT2D eigenvalue weighted by Crippen LogP contribution is -2.44. The molecule has 238 valence electrons. The predicted octanol–water partition coefficient (Wildman–Crippen LogP) is 3.42. The van der Waals surface area contributed by atoms with E-state index in [9.17, 15) is 19.2 Å². The van der Waals surface area contributed by atoms with Crippen LogP contribution >= 0.6 is 12.4 Å². The normalized spacial score (nSPS) is 17.0. The fourth-order valence-corrected chi connectivity index (χ4v) is 6.54. The molecule has 0 aliphatic carbocycles. The number of carbonyl (C=O) groups excluding carboxylic acids is 3. The number of halogens is 1. The highest BCUT2D eigenvalue weighted by Gasteiger charge is 2.46. The molecule has 45 heavy (non-hydrogen) atoms. The second-order valence-corrected chi connectivity index (χ2v) is 11.5. The highest BCUT2D eigenvalue weighted by atomic mass is 35.5. The largest absolute Gasteiger partial charge is 0.464 e. The summed E-state index contributed by atoms with van der Waals surface area (Å²) >= 11 is 0. The van der Waals surface area contributed by atoms with Crippen molar-refractivity contribution in [2.45, 2.75) is 57.6 Å². The van der Waals surface area contributed by atoms with E-state index < -0.39 is 11.4 Å². The number of nitrogens with one attached hydrogen (secondary N) is 2. The fourth-order valence-electron chi connectivity index (χ4n) is 6.54. The Kier molecular flexibility index (Phi) is 9.26. The zero-order chi connectivity index (χ0) is 31.0. The molecule has 1 atom stereocenters. The molecule has 6 rings (SSSR count). The van der Waals surface area contributed by atoms with Crippen molar-refractivity contribution in [2.75, 3.05) is 39.1 Å². The molecule has 13 heteroatoms. The van der Waals surface area contributed by atoms with Crippen molar-refractivity contribution >= 4 is 58.9 Å². The minimum atomic E-state index is -0.957. The number of likely N-dealkylation sites (N-methyl/N-ethyl adjacent to an activating group) is 2. The lowest BCUT2D eigenvalue weighted by molar-refractivity contribution is -0.155. The number of nitrogens with zero attached hydrogens (tertiary/aromatic N) is 4. The first-order valence-corrected chi connectivity index (χ1v) is 15.0. The van der Waals surface area contributed by atoms with Crippen molar-refractivity contribution in [3.63, 3.8) is 0 Å². The number of benzene rings is 1. The lowest BCUT2D eigenvalue weighted by Gasteiger charge is -2.36. The Hall–Kier alpha value is -4.29. The van der Waals surface area contributed by atoms with Crippen molar-refractivity contribution in [1.82, 2.24) is 19.8 Å². The Labute approximate surface area is 266 Å². The highest BCUT2D eigenvalue weighted by molar-refractivity contribution is 6.10. The number of carbonyl (C=O) groups is 3. The topological polar surface area (TPSA) is 144 Å². The van der Waals surface area contributed by atoms with E-state index in [4.69, 9.17) is 14.5 Å². The molecule has 0 radical (unpaired) electrons. The molecule has 1 aromatic carbocycles. The second kappa shape index (κ2) is 13.0. The van der Waals surface area contributed by atoms with Gasteiger partial charge in [-0.15, -0.1) is 12.4 Å². The zero-order valence-electron chi connectivity index (χ0n) is 25.6. The van der Waals surface area contributed by atoms with Crippen molar-refractivity contribution in [2.24, 2.45) is 4.99 Å². The van der Waals surface area contributed by atoms with E-state index >= 15 is 0 Å². The van der Waals surface area contributed by atoms with Crippen molar-refractivity contribution in [1.29, 1.82) is 0 Å². The SMILES string of the molecule is CC[C@@]1(CCCCCOC(=O)CN(C)C(=O)CNC)C(=O)OCc2c1cc1n(c2=O)Cc2c-1nc1cccc3c1c2NC=N3.Cl. The number of unbranched alkanes of at least 4 members (excludes halogenated alkanes) is 2. The number of hydrogen-bond donors (Lipinski definition) is 2. The van der Waals surface area contributed by atoms with E-state index in [-0.39, 0.29) is 56.1 Å². The van der Waals surface area contributed by atoms with Crippen molar-refractivity contribution < 1.29 is 23.9 Å². The second-order valence-electron chi connectivity index (χ2n) is 11.5. The zero-order valence-corrected chi connectivity index (χ0v) is 26.4. The van der Waals surface area contributed by atoms with Gasteiger partial charge in [0, 0.05) is 18.0 Å². The Bertz CT molecular complexity index is 1770. The van der Waals surface area contributed by atoms with Gasteiger partial charge in [-0.05, 0) is 50.1 Å². The van der Waals surface area contributed by atoms with E-state index in [1.165, 1.54) is 4.90 Å². The van der Waals surface area contributed by atoms with Crippen LogP contribution in [0.25, 0.3) is 22.3 Å². The number of aromatic nitrogens is 2. The standard InChI is InChI=1S/C32H36N6O6.ClH/c1-4-32(11-6-5-7-12-43-26(40)16-37(3)25(39)14-33-2)21-13-24-28-19(15-38(24)30(41)20(21)17-44-31(32)42)29-27-22(34-18-35-29)9-8-10-23(27)36-28;/h8-10,13,18,33H,4-7,11-12,14-17H2,1-3H3,(H,34,35);1H/t32-;/m0./s1. The summed E-state index contributed by atoms with van der Waals surface area (Å²) in [6.45, 7) is 2.53. The van der Waals surface area contributed by atoms with Gasteiger partial charge in [-0.3, -0.25) is 19.2 Å². The van der Waals surface area contributed by atoms with Gasteiger partial charge in [0.1, 0.15) is 13.2 Å². The van der Waals surface area contributed by atoms with Crippen LogP contribution in [-0.2, 0) is 42.4 Å². The fraction of sp³-hybridized carbons (Fsp3) is 0.438. The molecule has 0 saturated carbocycles. The Morgan fingerprint density at radius 2 is 2.02 bits per heavy atom. The molecule has 3 aliphatic rings. The summed E-state index contributed by atoms with van der Waals surface area (Å²) in [5.41, 5.74) is 5.01. The van der Waals surface area contributed by atoms with E-state index in [0.717, 1.165) is 39.1 Å². The lowest BCUT2D eigenvalue weighted by atomic mass is 9.71. The number of ether oxygens (including phenoxy) is 2. The molecule has 2 N–H and O–H groups in total. The van der Waals surface area contributed by atoms with Gasteiger partial charge in [-0.2, -0.15) is 0 Å². The van der Waals surface area contributed by atoms with Crippen LogP contribution in [0, 0.1) is 0 Å². The minimum absolute atomic E-state index is 0. The monoisotopic (exact) mass is 636 g/mol. The van der Waals surface area contributed by atoms with Gasteiger partial charge < -0.3 is 29.6 Å². The number of cyclic esters (lactones) is 1. The molecule has 5 heterocycles. The Morgan fingerprint density at radius 1 is 1.20 bits per heavy atom. The Balaban J connectivity index is 0.00000400. The van der Waals surface area contributed by atoms with E-state index in [1.807, 2.05) is 31.2 Å². The van der Waals surface area contributed by atoms with Gasteiger partial charge in [-0.1, -0.05) is 25.8 Å². The molecule has 0 fully saturated rings. The van der Waals surface area contributed by atoms with E-state index in [0.29, 0.717) is 49.9 Å². The molecule has 2 aromatic heterocycles. The number of pyridine rings is 2. The molecule has 0 bridgehead atoms. The third-order valence-electron chi connectivity index (χ3n) is 8.95. The molecule has 0 saturated heterocycles. The van der Waals surface area contributed by atoms with Gasteiger partial charge in [0.15, 0.2) is 0 Å². The summed E-state index contributed by atoms with van der Waals surface area (Å²) in [6.07, 6.45) is 4.64. The van der Waals surface area contributed by atoms with Crippen LogP contribution in [0.15, 0.2) is 34.1 Å². The van der Waals surface area contributed by atoms with Crippen LogP contribution in [0.4, 0.5) is 11.4 Å². The van der Waals surface area contributed by atoms with Crippen LogP contribution in [0.3, 0.4) is 0 Å². The molecular formula is C32H37ClN6O6. The number of amides is 1. The summed E-state index contributed by atoms with van der Waals surface area (Å²) in [6, 6.07) is 7.78. The predicted molar refractivity (Wildman–Crippen MR) is 172 cm³/mol. The van der Waals surface area contributed by atoms with Gasteiger partial charge >= 0.3 is 11.9 Å². The maximum atomic E-state index is 13.9. The molecule has 3 aliphatic heterocycles. The van der Waals surface area contributed by atoms with Crippen LogP contribution < -0.4 is 16.2 Å². The number of esters is 2. The average Bonchev–Trinajstić information content (AvgIpc) is 3.39. The first kappa shape index (κ1) is 32.1. The van der Waals surface area contributed by atoms with E-state index in [2.05, 4.69) is 15.6 Å². The molecule has 0 spiro atoms. The first-order chi connectivity index (χ1) is 21.3. The maximum absolute atomic E-state index is 13.9. The third kappa shape index (κ3) is 5.57. The minimum Gasteiger partial charge on any atom is -0.464 e. The highest BCUT2D eigenvalue weighted by Crippen LogP contribution is 2.46. The first-order valence-electron chi connectivity index (χ1n) is 15.0. The van der Waals surface area contributed by atoms with Gasteiger partial charge in [0.2, 0.25) is 5.91 Å². The molecular weight excluding hydrogens is 600 g/mol. The number of fused-ring (bicyclic) bond motifs is 5. The maximum Gasteiger partial charge on any atom is 0.325 e. The van der Waals surface area contributed by atoms with Crippen LogP contribution in [0.1, 0.15) is 55.7 Å². The average molecular weight is 637 g/mol. The summed E-state index contributed by atoms with van der Waals surface area (Å²) in [7, 11) is 3.22. The van der Waals surface area contributed by atoms with Gasteiger partial charge in [0.05, 0.1) is 65.3 Å². The van der Waals surface area contributed by atoms with Gasteiger partial charge in [0.25, 0.3) is 5.56 Å².